The van der Waals surface area contributed by atoms with Crippen molar-refractivity contribution in [1.82, 2.24) is 0 Å². The normalized spacial score (nSPS) is 15.2. The number of rotatable bonds is 8. The third-order valence-electron chi connectivity index (χ3n) is 15.8. The molecule has 2 aromatic heterocycles. The first-order valence-corrected chi connectivity index (χ1v) is 25.1. The van der Waals surface area contributed by atoms with Crippen molar-refractivity contribution >= 4 is 110 Å². The zero-order chi connectivity index (χ0) is 44.7. The van der Waals surface area contributed by atoms with Gasteiger partial charge in [0.2, 0.25) is 0 Å². The summed E-state index contributed by atoms with van der Waals surface area (Å²) in [4.78, 5) is 5.01. The smallest absolute Gasteiger partial charge is 0.159 e. The number of para-hydroxylation sites is 6. The molecular weight excluding hydrogens is 829 g/mol. The Hall–Kier alpha value is -7.56. The molecule has 0 bridgehead atoms. The highest BCUT2D eigenvalue weighted by Gasteiger charge is 2.31. The van der Waals surface area contributed by atoms with Gasteiger partial charge in [-0.05, 0) is 131 Å². The summed E-state index contributed by atoms with van der Waals surface area (Å²) < 4.78 is 13.8. The van der Waals surface area contributed by atoms with Crippen molar-refractivity contribution in [3.8, 4) is 0 Å². The number of nitrogens with zero attached hydrogens (tertiary/aromatic N) is 2. The van der Waals surface area contributed by atoms with Gasteiger partial charge in [-0.25, -0.2) is 0 Å². The summed E-state index contributed by atoms with van der Waals surface area (Å²) in [5, 5.41) is 12.6. The fraction of sp³-hybridized carbons (Fsp3) is 0.188. The summed E-state index contributed by atoms with van der Waals surface area (Å²) in [5.74, 6) is 0.936. The van der Waals surface area contributed by atoms with Gasteiger partial charge < -0.3 is 18.6 Å². The van der Waals surface area contributed by atoms with Crippen molar-refractivity contribution in [3.05, 3.63) is 193 Å². The molecule has 0 N–H and O–H groups in total. The number of hydrogen-bond acceptors (Lipinski definition) is 4. The van der Waals surface area contributed by atoms with Gasteiger partial charge in [0.25, 0.3) is 0 Å². The number of hydrogen-bond donors (Lipinski definition) is 0. The van der Waals surface area contributed by atoms with Gasteiger partial charge in [0.1, 0.15) is 11.2 Å². The molecule has 10 aromatic carbocycles. The highest BCUT2D eigenvalue weighted by molar-refractivity contribution is 6.30. The lowest BCUT2D eigenvalue weighted by Crippen LogP contribution is -2.14. The highest BCUT2D eigenvalue weighted by Crippen LogP contribution is 2.54. The van der Waals surface area contributed by atoms with E-state index >= 15 is 0 Å². The maximum absolute atomic E-state index is 6.88. The predicted molar refractivity (Wildman–Crippen MR) is 286 cm³/mol. The van der Waals surface area contributed by atoms with E-state index in [-0.39, 0.29) is 0 Å². The van der Waals surface area contributed by atoms with Crippen molar-refractivity contribution in [2.45, 2.75) is 76.0 Å². The first-order valence-electron chi connectivity index (χ1n) is 25.1. The summed E-state index contributed by atoms with van der Waals surface area (Å²) in [6.45, 7) is 0. The Bertz CT molecular complexity index is 3580. The van der Waals surface area contributed by atoms with Gasteiger partial charge >= 0.3 is 0 Å². The quantitative estimate of drug-likeness (QED) is 0.142. The van der Waals surface area contributed by atoms with E-state index in [1.54, 1.807) is 0 Å². The van der Waals surface area contributed by atoms with Crippen LogP contribution in [-0.2, 0) is 0 Å². The third-order valence-corrected chi connectivity index (χ3v) is 15.8. The van der Waals surface area contributed by atoms with Crippen LogP contribution in [0.1, 0.15) is 87.2 Å². The maximum Gasteiger partial charge on any atom is 0.159 e. The van der Waals surface area contributed by atoms with Crippen LogP contribution in [0.15, 0.2) is 191 Å². The lowest BCUT2D eigenvalue weighted by molar-refractivity contribution is 0.445. The van der Waals surface area contributed by atoms with E-state index < -0.39 is 0 Å². The minimum atomic E-state index is 0.468. The average molecular weight is 881 g/mol. The van der Waals surface area contributed by atoms with Crippen LogP contribution in [0.5, 0.6) is 0 Å². The molecule has 330 valence electrons. The Morgan fingerprint density at radius 1 is 0.309 bits per heavy atom. The van der Waals surface area contributed by atoms with Crippen LogP contribution in [0, 0.1) is 0 Å². The Labute approximate surface area is 396 Å². The molecule has 4 nitrogen and oxygen atoms in total. The van der Waals surface area contributed by atoms with Crippen molar-refractivity contribution in [2.24, 2.45) is 0 Å². The lowest BCUT2D eigenvalue weighted by Gasteiger charge is -2.33. The van der Waals surface area contributed by atoms with Crippen molar-refractivity contribution in [2.75, 3.05) is 9.80 Å². The lowest BCUT2D eigenvalue weighted by atomic mass is 9.77. The van der Waals surface area contributed by atoms with Crippen LogP contribution in [0.25, 0.3) is 76.2 Å². The molecule has 0 unspecified atom stereocenters. The van der Waals surface area contributed by atoms with Crippen LogP contribution in [0.2, 0.25) is 0 Å². The van der Waals surface area contributed by atoms with Crippen LogP contribution in [0.3, 0.4) is 0 Å². The van der Waals surface area contributed by atoms with E-state index in [4.69, 9.17) is 8.83 Å². The second-order valence-corrected chi connectivity index (χ2v) is 19.6. The SMILES string of the molecule is c1ccc(N(c2cc(C3CCCCC3)c3ccc4c(N(c5ccccc5)c5cccc6c5oc5ccccc56)cc(C5CCCCC5)c5ccc2c3c54)c2cccc3c2oc2ccccc23)cc1. The second-order valence-electron chi connectivity index (χ2n) is 19.6. The van der Waals surface area contributed by atoms with Crippen molar-refractivity contribution in [3.63, 3.8) is 0 Å². The van der Waals surface area contributed by atoms with E-state index in [0.29, 0.717) is 11.8 Å². The minimum Gasteiger partial charge on any atom is -0.454 e. The van der Waals surface area contributed by atoms with Crippen molar-refractivity contribution in [1.29, 1.82) is 0 Å². The zero-order valence-corrected chi connectivity index (χ0v) is 38.3. The molecule has 0 amide bonds. The molecular formula is C64H52N2O2. The van der Waals surface area contributed by atoms with E-state index in [9.17, 15) is 0 Å². The fourth-order valence-electron chi connectivity index (χ4n) is 12.7. The second kappa shape index (κ2) is 16.1. The minimum absolute atomic E-state index is 0.468. The molecule has 2 aliphatic carbocycles. The van der Waals surface area contributed by atoms with Crippen LogP contribution >= 0.6 is 0 Å². The van der Waals surface area contributed by atoms with Gasteiger partial charge in [0.15, 0.2) is 11.2 Å². The highest BCUT2D eigenvalue weighted by atomic mass is 16.3. The molecule has 0 spiro atoms. The van der Waals surface area contributed by atoms with Gasteiger partial charge in [-0.3, -0.25) is 0 Å². The molecule has 2 aliphatic rings. The van der Waals surface area contributed by atoms with Gasteiger partial charge in [-0.1, -0.05) is 160 Å². The van der Waals surface area contributed by atoms with E-state index in [1.807, 2.05) is 0 Å². The topological polar surface area (TPSA) is 32.8 Å². The molecule has 0 radical (unpaired) electrons. The first-order chi connectivity index (χ1) is 33.8. The summed E-state index contributed by atoms with van der Waals surface area (Å²) in [6.07, 6.45) is 12.5. The molecule has 14 rings (SSSR count). The van der Waals surface area contributed by atoms with Crippen LogP contribution in [0.4, 0.5) is 34.1 Å². The van der Waals surface area contributed by atoms with E-state index in [1.165, 1.54) is 119 Å². The Balaban J connectivity index is 1.12. The molecule has 12 aromatic rings. The first kappa shape index (κ1) is 39.6. The van der Waals surface area contributed by atoms with E-state index in [0.717, 1.165) is 66.6 Å². The Morgan fingerprint density at radius 3 is 1.13 bits per heavy atom. The number of anilines is 6. The molecule has 4 heteroatoms. The Kier molecular flexibility index (Phi) is 9.35. The van der Waals surface area contributed by atoms with Gasteiger partial charge in [-0.2, -0.15) is 0 Å². The summed E-state index contributed by atoms with van der Waals surface area (Å²) >= 11 is 0. The molecule has 2 heterocycles. The molecule has 2 saturated carbocycles. The molecule has 2 fully saturated rings. The Morgan fingerprint density at radius 2 is 0.691 bits per heavy atom. The fourth-order valence-corrected chi connectivity index (χ4v) is 12.7. The predicted octanol–water partition coefficient (Wildman–Crippen LogP) is 19.4. The molecule has 0 aliphatic heterocycles. The molecule has 0 saturated heterocycles. The zero-order valence-electron chi connectivity index (χ0n) is 38.3. The largest absolute Gasteiger partial charge is 0.454 e. The van der Waals surface area contributed by atoms with Gasteiger partial charge in [0, 0.05) is 43.7 Å². The molecule has 0 atom stereocenters. The van der Waals surface area contributed by atoms with Gasteiger partial charge in [0.05, 0.1) is 22.7 Å². The summed E-state index contributed by atoms with van der Waals surface area (Å²) in [5.41, 5.74) is 13.3. The summed E-state index contributed by atoms with van der Waals surface area (Å²) in [6, 6.07) is 67.3. The monoisotopic (exact) mass is 880 g/mol. The maximum atomic E-state index is 6.88. The molecule has 68 heavy (non-hydrogen) atoms. The standard InChI is InChI=1S/C64H52N2O2/c1-5-19-41(20-6-1)53-39-57(65(43-23-9-3-10-24-43)55-31-17-29-49-45-27-13-15-33-59(45)67-63(49)55)51-38-36-48-54(42-21-7-2-8-22-42)40-58(52-37-35-47(53)61(51)62(48)52)66(44-25-11-4-12-26-44)56-32-18-30-50-46-28-14-16-34-60(46)68-64(50)56/h3-4,9-18,23-42H,1-2,5-8,19-22H2. The number of benzene rings is 10. The van der Waals surface area contributed by atoms with E-state index in [2.05, 4.69) is 192 Å². The van der Waals surface area contributed by atoms with Crippen LogP contribution < -0.4 is 9.80 Å². The van der Waals surface area contributed by atoms with Gasteiger partial charge in [-0.15, -0.1) is 0 Å². The average Bonchev–Trinajstić information content (AvgIpc) is 3.99. The van der Waals surface area contributed by atoms with Crippen molar-refractivity contribution < 1.29 is 8.83 Å². The van der Waals surface area contributed by atoms with Crippen LogP contribution in [-0.4, -0.2) is 0 Å². The third kappa shape index (κ3) is 6.19. The number of fused-ring (bicyclic) bond motifs is 6. The number of furan rings is 2. The summed E-state index contributed by atoms with van der Waals surface area (Å²) in [7, 11) is 0.